The van der Waals surface area contributed by atoms with E-state index in [9.17, 15) is 4.79 Å². The molecule has 1 aliphatic carbocycles. The quantitative estimate of drug-likeness (QED) is 0.765. The number of esters is 1. The van der Waals surface area contributed by atoms with Gasteiger partial charge in [0.15, 0.2) is 0 Å². The first-order valence-corrected chi connectivity index (χ1v) is 8.52. The van der Waals surface area contributed by atoms with Gasteiger partial charge in [-0.15, -0.1) is 0 Å². The third-order valence-corrected chi connectivity index (χ3v) is 4.80. The summed E-state index contributed by atoms with van der Waals surface area (Å²) in [6.07, 6.45) is 6.06. The van der Waals surface area contributed by atoms with Gasteiger partial charge in [-0.1, -0.05) is 13.8 Å². The second-order valence-corrected chi connectivity index (χ2v) is 7.77. The van der Waals surface area contributed by atoms with Crippen LogP contribution in [0.4, 0.5) is 0 Å². The summed E-state index contributed by atoms with van der Waals surface area (Å²) in [4.78, 5) is 14.8. The molecule has 122 valence electrons. The van der Waals surface area contributed by atoms with Gasteiger partial charge >= 0.3 is 5.97 Å². The van der Waals surface area contributed by atoms with Crippen molar-refractivity contribution in [1.82, 2.24) is 10.2 Å². The maximum Gasteiger partial charge on any atom is 0.327 e. The topological polar surface area (TPSA) is 41.6 Å². The van der Waals surface area contributed by atoms with Crippen molar-refractivity contribution in [2.75, 3.05) is 26.2 Å². The molecule has 2 fully saturated rings. The molecule has 0 radical (unpaired) electrons. The summed E-state index contributed by atoms with van der Waals surface area (Å²) in [5.74, 6) is -0.0968. The molecular formula is C17H32N2O2. The minimum atomic E-state index is -0.564. The third kappa shape index (κ3) is 4.96. The molecule has 21 heavy (non-hydrogen) atoms. The van der Waals surface area contributed by atoms with Gasteiger partial charge in [0, 0.05) is 12.6 Å². The lowest BCUT2D eigenvalue weighted by Crippen LogP contribution is -2.58. The van der Waals surface area contributed by atoms with Crippen LogP contribution < -0.4 is 5.32 Å². The monoisotopic (exact) mass is 296 g/mol. The molecule has 0 spiro atoms. The Hall–Kier alpha value is -0.610. The Bertz CT molecular complexity index is 366. The molecule has 0 aromatic rings. The fourth-order valence-electron chi connectivity index (χ4n) is 3.22. The molecule has 4 nitrogen and oxygen atoms in total. The molecule has 2 rings (SSSR count). The molecule has 1 atom stereocenters. The van der Waals surface area contributed by atoms with Crippen molar-refractivity contribution >= 4 is 5.97 Å². The third-order valence-electron chi connectivity index (χ3n) is 4.80. The molecule has 1 N–H and O–H groups in total. The van der Waals surface area contributed by atoms with Crippen LogP contribution in [0.15, 0.2) is 0 Å². The number of hydrogen-bond donors (Lipinski definition) is 1. The van der Waals surface area contributed by atoms with Gasteiger partial charge < -0.3 is 9.64 Å². The molecule has 4 heteroatoms. The van der Waals surface area contributed by atoms with Crippen molar-refractivity contribution in [2.45, 2.75) is 71.4 Å². The van der Waals surface area contributed by atoms with Crippen molar-refractivity contribution in [3.8, 4) is 0 Å². The fraction of sp³-hybridized carbons (Fsp3) is 0.941. The van der Waals surface area contributed by atoms with Crippen molar-refractivity contribution in [2.24, 2.45) is 5.41 Å². The number of rotatable bonds is 6. The first kappa shape index (κ1) is 16.8. The Morgan fingerprint density at radius 3 is 2.67 bits per heavy atom. The van der Waals surface area contributed by atoms with E-state index in [-0.39, 0.29) is 5.97 Å². The van der Waals surface area contributed by atoms with E-state index in [0.29, 0.717) is 18.1 Å². The molecule has 1 saturated carbocycles. The second kappa shape index (κ2) is 6.66. The molecule has 0 bridgehead atoms. The highest BCUT2D eigenvalue weighted by atomic mass is 16.5. The lowest BCUT2D eigenvalue weighted by Gasteiger charge is -2.34. The minimum absolute atomic E-state index is 0.0968. The molecule has 1 heterocycles. The molecule has 0 amide bonds. The van der Waals surface area contributed by atoms with E-state index in [0.717, 1.165) is 19.6 Å². The zero-order valence-electron chi connectivity index (χ0n) is 14.2. The van der Waals surface area contributed by atoms with Crippen LogP contribution in [0.3, 0.4) is 0 Å². The first-order valence-electron chi connectivity index (χ1n) is 8.52. The predicted molar refractivity (Wildman–Crippen MR) is 85.3 cm³/mol. The van der Waals surface area contributed by atoms with Gasteiger partial charge in [0.2, 0.25) is 0 Å². The van der Waals surface area contributed by atoms with Gasteiger partial charge in [0.05, 0.1) is 6.61 Å². The molecule has 0 aromatic heterocycles. The largest absolute Gasteiger partial charge is 0.465 e. The number of nitrogens with one attached hydrogen (secondary N) is 1. The van der Waals surface area contributed by atoms with Crippen molar-refractivity contribution in [3.63, 3.8) is 0 Å². The molecule has 0 aromatic carbocycles. The lowest BCUT2D eigenvalue weighted by atomic mass is 9.85. The van der Waals surface area contributed by atoms with E-state index >= 15 is 0 Å². The minimum Gasteiger partial charge on any atom is -0.465 e. The highest BCUT2D eigenvalue weighted by Gasteiger charge is 2.41. The molecule has 1 saturated heterocycles. The van der Waals surface area contributed by atoms with Crippen LogP contribution in [0.5, 0.6) is 0 Å². The summed E-state index contributed by atoms with van der Waals surface area (Å²) in [6.45, 7) is 12.0. The van der Waals surface area contributed by atoms with E-state index in [1.54, 1.807) is 0 Å². The van der Waals surface area contributed by atoms with Crippen LogP contribution in [-0.4, -0.2) is 48.7 Å². The Labute approximate surface area is 129 Å². The fourth-order valence-corrected chi connectivity index (χ4v) is 3.22. The lowest BCUT2D eigenvalue weighted by molar-refractivity contribution is -0.151. The van der Waals surface area contributed by atoms with Gasteiger partial charge in [-0.3, -0.25) is 10.1 Å². The van der Waals surface area contributed by atoms with Crippen LogP contribution in [0.2, 0.25) is 0 Å². The van der Waals surface area contributed by atoms with E-state index < -0.39 is 5.54 Å². The summed E-state index contributed by atoms with van der Waals surface area (Å²) in [7, 11) is 0. The maximum atomic E-state index is 12.4. The summed E-state index contributed by atoms with van der Waals surface area (Å²) >= 11 is 0. The van der Waals surface area contributed by atoms with E-state index in [1.807, 2.05) is 13.8 Å². The normalized spacial score (nSPS) is 25.9. The SMILES string of the molecule is CCOC(=O)C(C)(CN1CCCC(C)(C)CC1)NC1CC1. The number of carbonyl (C=O) groups excluding carboxylic acids is 1. The standard InChI is InChI=1S/C17H32N2O2/c1-5-21-15(20)17(4,18-14-7-8-14)13-19-11-6-9-16(2,3)10-12-19/h14,18H,5-13H2,1-4H3. The van der Waals surface area contributed by atoms with Crippen LogP contribution in [-0.2, 0) is 9.53 Å². The van der Waals surface area contributed by atoms with Gasteiger partial charge in [0.1, 0.15) is 5.54 Å². The van der Waals surface area contributed by atoms with Crippen molar-refractivity contribution in [3.05, 3.63) is 0 Å². The van der Waals surface area contributed by atoms with Gasteiger partial charge in [-0.05, 0) is 64.5 Å². The summed E-state index contributed by atoms with van der Waals surface area (Å²) < 4.78 is 5.32. The van der Waals surface area contributed by atoms with E-state index in [2.05, 4.69) is 24.1 Å². The Balaban J connectivity index is 1.98. The van der Waals surface area contributed by atoms with Crippen molar-refractivity contribution < 1.29 is 9.53 Å². The molecule has 1 unspecified atom stereocenters. The van der Waals surface area contributed by atoms with E-state index in [4.69, 9.17) is 4.74 Å². The van der Waals surface area contributed by atoms with Crippen LogP contribution >= 0.6 is 0 Å². The highest BCUT2D eigenvalue weighted by molar-refractivity contribution is 5.80. The van der Waals surface area contributed by atoms with Gasteiger partial charge in [-0.25, -0.2) is 0 Å². The average Bonchev–Trinajstić information content (AvgIpc) is 3.20. The zero-order chi connectivity index (χ0) is 15.5. The van der Waals surface area contributed by atoms with Gasteiger partial charge in [0.25, 0.3) is 0 Å². The Morgan fingerprint density at radius 2 is 2.05 bits per heavy atom. The Kier molecular flexibility index (Phi) is 5.31. The number of ether oxygens (including phenoxy) is 1. The number of carbonyl (C=O) groups is 1. The zero-order valence-corrected chi connectivity index (χ0v) is 14.2. The van der Waals surface area contributed by atoms with Crippen LogP contribution in [0.25, 0.3) is 0 Å². The predicted octanol–water partition coefficient (Wildman–Crippen LogP) is 2.57. The summed E-state index contributed by atoms with van der Waals surface area (Å²) in [5.41, 5.74) is -0.134. The smallest absolute Gasteiger partial charge is 0.327 e. The Morgan fingerprint density at radius 1 is 1.33 bits per heavy atom. The maximum absolute atomic E-state index is 12.4. The average molecular weight is 296 g/mol. The number of nitrogens with zero attached hydrogens (tertiary/aromatic N) is 1. The van der Waals surface area contributed by atoms with Crippen LogP contribution in [0, 0.1) is 5.41 Å². The summed E-state index contributed by atoms with van der Waals surface area (Å²) in [5, 5.41) is 3.52. The number of likely N-dealkylation sites (tertiary alicyclic amines) is 1. The molecule has 2 aliphatic rings. The molecular weight excluding hydrogens is 264 g/mol. The van der Waals surface area contributed by atoms with Crippen LogP contribution in [0.1, 0.15) is 59.8 Å². The molecule has 1 aliphatic heterocycles. The summed E-state index contributed by atoms with van der Waals surface area (Å²) in [6, 6.07) is 0.503. The van der Waals surface area contributed by atoms with Gasteiger partial charge in [-0.2, -0.15) is 0 Å². The first-order chi connectivity index (χ1) is 9.85. The number of hydrogen-bond acceptors (Lipinski definition) is 4. The second-order valence-electron chi connectivity index (χ2n) is 7.77. The highest BCUT2D eigenvalue weighted by Crippen LogP contribution is 2.31. The van der Waals surface area contributed by atoms with Crippen molar-refractivity contribution in [1.29, 1.82) is 0 Å². The van der Waals surface area contributed by atoms with E-state index in [1.165, 1.54) is 32.1 Å².